The van der Waals surface area contributed by atoms with Crippen molar-refractivity contribution in [3.05, 3.63) is 82.6 Å². The second kappa shape index (κ2) is 7.88. The molecule has 0 aromatic heterocycles. The number of anilines is 2. The number of hydrogen-bond acceptors (Lipinski definition) is 6. The van der Waals surface area contributed by atoms with Crippen LogP contribution in [0.25, 0.3) is 10.8 Å². The van der Waals surface area contributed by atoms with Crippen molar-refractivity contribution < 1.29 is 14.8 Å². The largest absolute Gasteiger partial charge is 0.507 e. The van der Waals surface area contributed by atoms with Crippen molar-refractivity contribution in [1.29, 1.82) is 5.26 Å². The third kappa shape index (κ3) is 3.89. The van der Waals surface area contributed by atoms with E-state index in [-0.39, 0.29) is 17.0 Å². The van der Waals surface area contributed by atoms with Crippen LogP contribution in [0.1, 0.15) is 0 Å². The van der Waals surface area contributed by atoms with E-state index < -0.39 is 10.8 Å². The molecule has 0 fully saturated rings. The summed E-state index contributed by atoms with van der Waals surface area (Å²) in [6, 6.07) is 17.4. The van der Waals surface area contributed by atoms with Crippen LogP contribution in [-0.2, 0) is 4.79 Å². The molecule has 3 rings (SSSR count). The lowest BCUT2D eigenvalue weighted by Crippen LogP contribution is -2.14. The summed E-state index contributed by atoms with van der Waals surface area (Å²) in [5.74, 6) is -0.544. The summed E-state index contributed by atoms with van der Waals surface area (Å²) < 4.78 is 0. The van der Waals surface area contributed by atoms with E-state index >= 15 is 0 Å². The number of nitrogens with zero attached hydrogens (tertiary/aromatic N) is 2. The summed E-state index contributed by atoms with van der Waals surface area (Å²) >= 11 is 0. The van der Waals surface area contributed by atoms with Crippen LogP contribution in [0, 0.1) is 21.4 Å². The highest BCUT2D eigenvalue weighted by atomic mass is 16.6. The molecule has 8 heteroatoms. The molecule has 3 aromatic carbocycles. The minimum absolute atomic E-state index is 0.0630. The van der Waals surface area contributed by atoms with Gasteiger partial charge in [0.2, 0.25) is 0 Å². The molecule has 1 amide bonds. The molecule has 0 aliphatic heterocycles. The standard InChI is InChI=1S/C20H14N4O4/c21-11-13(12-22-14-7-9-15(10-8-14)24(27)28)20(26)23-18-5-1-4-17-16(18)3-2-6-19(17)25/h1-10,12,22,25H,(H,23,26)/b13-12-. The molecule has 0 spiro atoms. The zero-order valence-corrected chi connectivity index (χ0v) is 14.4. The number of carbonyl (C=O) groups excluding carboxylic acids is 1. The number of phenols is 1. The summed E-state index contributed by atoms with van der Waals surface area (Å²) in [6.45, 7) is 0. The number of phenolic OH excluding ortho intramolecular Hbond substituents is 1. The van der Waals surface area contributed by atoms with E-state index in [1.165, 1.54) is 30.5 Å². The van der Waals surface area contributed by atoms with Crippen LogP contribution >= 0.6 is 0 Å². The van der Waals surface area contributed by atoms with E-state index in [4.69, 9.17) is 0 Å². The van der Waals surface area contributed by atoms with E-state index in [0.717, 1.165) is 0 Å². The Hall–Kier alpha value is -4.38. The fourth-order valence-corrected chi connectivity index (χ4v) is 2.58. The van der Waals surface area contributed by atoms with Crippen LogP contribution < -0.4 is 10.6 Å². The third-order valence-corrected chi connectivity index (χ3v) is 3.97. The first-order valence-electron chi connectivity index (χ1n) is 8.13. The summed E-state index contributed by atoms with van der Waals surface area (Å²) in [4.78, 5) is 22.6. The molecule has 3 N–H and O–H groups in total. The Balaban J connectivity index is 1.79. The summed E-state index contributed by atoms with van der Waals surface area (Å²) in [6.07, 6.45) is 1.22. The van der Waals surface area contributed by atoms with Gasteiger partial charge in [0, 0.05) is 40.5 Å². The number of carbonyl (C=O) groups is 1. The Morgan fingerprint density at radius 2 is 1.75 bits per heavy atom. The minimum Gasteiger partial charge on any atom is -0.507 e. The van der Waals surface area contributed by atoms with Gasteiger partial charge in [-0.05, 0) is 24.3 Å². The zero-order valence-electron chi connectivity index (χ0n) is 14.4. The quantitative estimate of drug-likeness (QED) is 0.269. The van der Waals surface area contributed by atoms with Gasteiger partial charge in [-0.1, -0.05) is 24.3 Å². The SMILES string of the molecule is N#C/C(=C/Nc1ccc([N+](=O)[O-])cc1)C(=O)Nc1cccc2c(O)cccc12. The summed E-state index contributed by atoms with van der Waals surface area (Å²) in [5.41, 5.74) is 0.693. The van der Waals surface area contributed by atoms with Crippen molar-refractivity contribution in [2.45, 2.75) is 0 Å². The molecule has 3 aromatic rings. The van der Waals surface area contributed by atoms with Crippen molar-refractivity contribution in [1.82, 2.24) is 0 Å². The highest BCUT2D eigenvalue weighted by molar-refractivity contribution is 6.11. The van der Waals surface area contributed by atoms with E-state index in [0.29, 0.717) is 22.1 Å². The van der Waals surface area contributed by atoms with Crippen LogP contribution in [0.2, 0.25) is 0 Å². The number of aromatic hydroxyl groups is 1. The maximum absolute atomic E-state index is 12.4. The Morgan fingerprint density at radius 1 is 1.07 bits per heavy atom. The predicted octanol–water partition coefficient (Wildman–Crippen LogP) is 3.91. The highest BCUT2D eigenvalue weighted by Crippen LogP contribution is 2.30. The number of nitrogens with one attached hydrogen (secondary N) is 2. The van der Waals surface area contributed by atoms with E-state index in [1.54, 1.807) is 36.4 Å². The van der Waals surface area contributed by atoms with Crippen LogP contribution in [0.15, 0.2) is 72.4 Å². The lowest BCUT2D eigenvalue weighted by atomic mass is 10.1. The van der Waals surface area contributed by atoms with Gasteiger partial charge in [-0.25, -0.2) is 0 Å². The fourth-order valence-electron chi connectivity index (χ4n) is 2.58. The molecule has 0 unspecified atom stereocenters. The van der Waals surface area contributed by atoms with Crippen molar-refractivity contribution in [2.24, 2.45) is 0 Å². The Labute approximate surface area is 159 Å². The van der Waals surface area contributed by atoms with Crippen LogP contribution in [0.3, 0.4) is 0 Å². The van der Waals surface area contributed by atoms with Crippen LogP contribution in [-0.4, -0.2) is 15.9 Å². The van der Waals surface area contributed by atoms with Gasteiger partial charge in [-0.15, -0.1) is 0 Å². The Bertz CT molecular complexity index is 1130. The highest BCUT2D eigenvalue weighted by Gasteiger charge is 2.12. The molecular formula is C20H14N4O4. The first-order valence-corrected chi connectivity index (χ1v) is 8.13. The van der Waals surface area contributed by atoms with E-state index in [2.05, 4.69) is 10.6 Å². The average Bonchev–Trinajstić information content (AvgIpc) is 2.69. The number of hydrogen-bond donors (Lipinski definition) is 3. The van der Waals surface area contributed by atoms with Crippen molar-refractivity contribution in [2.75, 3.05) is 10.6 Å². The first kappa shape index (κ1) is 18.4. The fraction of sp³-hybridized carbons (Fsp3) is 0. The second-order valence-electron chi connectivity index (χ2n) is 5.75. The molecule has 8 nitrogen and oxygen atoms in total. The normalized spacial score (nSPS) is 10.9. The maximum Gasteiger partial charge on any atom is 0.269 e. The Kier molecular flexibility index (Phi) is 5.18. The van der Waals surface area contributed by atoms with Gasteiger partial charge in [0.05, 0.1) is 4.92 Å². The molecule has 0 atom stereocenters. The lowest BCUT2D eigenvalue weighted by molar-refractivity contribution is -0.384. The number of nitriles is 1. The number of benzene rings is 3. The van der Waals surface area contributed by atoms with Crippen LogP contribution in [0.5, 0.6) is 5.75 Å². The van der Waals surface area contributed by atoms with Gasteiger partial charge in [0.15, 0.2) is 0 Å². The molecule has 0 bridgehead atoms. The van der Waals surface area contributed by atoms with Crippen LogP contribution in [0.4, 0.5) is 17.1 Å². The number of fused-ring (bicyclic) bond motifs is 1. The lowest BCUT2D eigenvalue weighted by Gasteiger charge is -2.09. The summed E-state index contributed by atoms with van der Waals surface area (Å²) in [5, 5.41) is 36.5. The van der Waals surface area contributed by atoms with Gasteiger partial charge in [-0.3, -0.25) is 14.9 Å². The van der Waals surface area contributed by atoms with E-state index in [1.807, 2.05) is 6.07 Å². The molecule has 0 heterocycles. The number of rotatable bonds is 5. The second-order valence-corrected chi connectivity index (χ2v) is 5.75. The van der Waals surface area contributed by atoms with Gasteiger partial charge in [0.25, 0.3) is 11.6 Å². The van der Waals surface area contributed by atoms with Gasteiger partial charge < -0.3 is 15.7 Å². The maximum atomic E-state index is 12.4. The zero-order chi connectivity index (χ0) is 20.1. The van der Waals surface area contributed by atoms with Gasteiger partial charge in [-0.2, -0.15) is 5.26 Å². The number of amides is 1. The summed E-state index contributed by atoms with van der Waals surface area (Å²) in [7, 11) is 0. The smallest absolute Gasteiger partial charge is 0.269 e. The number of nitro benzene ring substituents is 1. The van der Waals surface area contributed by atoms with Crippen molar-refractivity contribution in [3.63, 3.8) is 0 Å². The topological polar surface area (TPSA) is 128 Å². The predicted molar refractivity (Wildman–Crippen MR) is 105 cm³/mol. The molecule has 0 saturated heterocycles. The molecule has 0 aliphatic rings. The van der Waals surface area contributed by atoms with Crippen molar-refractivity contribution >= 4 is 33.7 Å². The molecule has 0 saturated carbocycles. The van der Waals surface area contributed by atoms with E-state index in [9.17, 15) is 25.3 Å². The molecule has 0 aliphatic carbocycles. The third-order valence-electron chi connectivity index (χ3n) is 3.97. The average molecular weight is 374 g/mol. The van der Waals surface area contributed by atoms with Crippen molar-refractivity contribution in [3.8, 4) is 11.8 Å². The molecule has 138 valence electrons. The van der Waals surface area contributed by atoms with Gasteiger partial charge in [0.1, 0.15) is 17.4 Å². The number of nitro groups is 1. The molecule has 28 heavy (non-hydrogen) atoms. The molecule has 0 radical (unpaired) electrons. The molecular weight excluding hydrogens is 360 g/mol. The Morgan fingerprint density at radius 3 is 2.43 bits per heavy atom. The monoisotopic (exact) mass is 374 g/mol. The van der Waals surface area contributed by atoms with Gasteiger partial charge >= 0.3 is 0 Å². The number of non-ortho nitro benzene ring substituents is 1. The first-order chi connectivity index (χ1) is 13.5. The minimum atomic E-state index is -0.632.